The van der Waals surface area contributed by atoms with E-state index >= 15 is 0 Å². The standard InChI is InChI=1S/C18H22N4O/c1-11-18(21)22-16-9-14(5-6-17(16)23-11)15(20)8-12-3-2-4-13(7-12)10-19/h2-7,9,11,15H,8,10,19-20H2,1H3,(H2,21,22). The predicted octanol–water partition coefficient (Wildman–Crippen LogP) is 2.16. The maximum Gasteiger partial charge on any atom is 0.153 e. The van der Waals surface area contributed by atoms with Crippen LogP contribution in [0.25, 0.3) is 0 Å². The van der Waals surface area contributed by atoms with Gasteiger partial charge in [0.1, 0.15) is 17.3 Å². The van der Waals surface area contributed by atoms with Gasteiger partial charge in [0.15, 0.2) is 6.10 Å². The Morgan fingerprint density at radius 2 is 1.96 bits per heavy atom. The van der Waals surface area contributed by atoms with Crippen molar-refractivity contribution >= 4 is 11.5 Å². The minimum absolute atomic E-state index is 0.121. The Kier molecular flexibility index (Phi) is 4.32. The van der Waals surface area contributed by atoms with E-state index in [4.69, 9.17) is 21.9 Å². The first kappa shape index (κ1) is 15.5. The first-order valence-electron chi connectivity index (χ1n) is 7.75. The summed E-state index contributed by atoms with van der Waals surface area (Å²) >= 11 is 0. The molecule has 0 radical (unpaired) electrons. The Labute approximate surface area is 136 Å². The molecule has 0 fully saturated rings. The van der Waals surface area contributed by atoms with Crippen molar-refractivity contribution in [1.82, 2.24) is 0 Å². The van der Waals surface area contributed by atoms with Crippen LogP contribution >= 0.6 is 0 Å². The third-order valence-electron chi connectivity index (χ3n) is 4.06. The molecule has 1 aliphatic heterocycles. The number of ether oxygens (including phenoxy) is 1. The van der Waals surface area contributed by atoms with Crippen molar-refractivity contribution in [3.05, 3.63) is 59.2 Å². The lowest BCUT2D eigenvalue weighted by Crippen LogP contribution is -2.33. The molecule has 3 rings (SSSR count). The molecule has 1 aliphatic rings. The van der Waals surface area contributed by atoms with E-state index in [1.165, 1.54) is 5.56 Å². The smallest absolute Gasteiger partial charge is 0.153 e. The molecule has 5 heteroatoms. The van der Waals surface area contributed by atoms with E-state index in [9.17, 15) is 0 Å². The Balaban J connectivity index is 1.81. The van der Waals surface area contributed by atoms with Crippen molar-refractivity contribution in [2.75, 3.05) is 0 Å². The minimum Gasteiger partial charge on any atom is -0.481 e. The monoisotopic (exact) mass is 310 g/mol. The molecule has 1 heterocycles. The lowest BCUT2D eigenvalue weighted by atomic mass is 9.97. The van der Waals surface area contributed by atoms with E-state index < -0.39 is 0 Å². The number of amidine groups is 1. The number of nitrogens with two attached hydrogens (primary N) is 3. The van der Waals surface area contributed by atoms with Gasteiger partial charge in [-0.25, -0.2) is 4.99 Å². The number of hydrogen-bond acceptors (Lipinski definition) is 5. The van der Waals surface area contributed by atoms with Crippen LogP contribution in [-0.2, 0) is 13.0 Å². The molecule has 5 nitrogen and oxygen atoms in total. The van der Waals surface area contributed by atoms with Gasteiger partial charge in [-0.3, -0.25) is 0 Å². The second-order valence-electron chi connectivity index (χ2n) is 5.86. The van der Waals surface area contributed by atoms with Crippen molar-refractivity contribution in [2.24, 2.45) is 22.2 Å². The highest BCUT2D eigenvalue weighted by atomic mass is 16.5. The van der Waals surface area contributed by atoms with Crippen LogP contribution in [0, 0.1) is 0 Å². The van der Waals surface area contributed by atoms with Gasteiger partial charge in [-0.1, -0.05) is 30.3 Å². The molecule has 0 amide bonds. The first-order valence-corrected chi connectivity index (χ1v) is 7.75. The average molecular weight is 310 g/mol. The van der Waals surface area contributed by atoms with Crippen LogP contribution in [-0.4, -0.2) is 11.9 Å². The Morgan fingerprint density at radius 3 is 2.74 bits per heavy atom. The molecular weight excluding hydrogens is 288 g/mol. The van der Waals surface area contributed by atoms with E-state index in [2.05, 4.69) is 17.1 Å². The normalized spacial score (nSPS) is 17.9. The molecule has 0 saturated carbocycles. The average Bonchev–Trinajstić information content (AvgIpc) is 2.55. The maximum absolute atomic E-state index is 6.36. The zero-order valence-electron chi connectivity index (χ0n) is 13.2. The van der Waals surface area contributed by atoms with Crippen LogP contribution in [0.2, 0.25) is 0 Å². The van der Waals surface area contributed by atoms with Gasteiger partial charge in [-0.05, 0) is 42.2 Å². The second kappa shape index (κ2) is 6.40. The van der Waals surface area contributed by atoms with Gasteiger partial charge in [0.25, 0.3) is 0 Å². The summed E-state index contributed by atoms with van der Waals surface area (Å²) in [5.74, 6) is 1.23. The van der Waals surface area contributed by atoms with Gasteiger partial charge in [-0.15, -0.1) is 0 Å². The molecule has 0 aliphatic carbocycles. The topological polar surface area (TPSA) is 99.6 Å². The highest BCUT2D eigenvalue weighted by molar-refractivity contribution is 5.89. The summed E-state index contributed by atoms with van der Waals surface area (Å²) in [5.41, 5.74) is 21.9. The third kappa shape index (κ3) is 3.36. The minimum atomic E-state index is -0.193. The van der Waals surface area contributed by atoms with Gasteiger partial charge in [0, 0.05) is 12.6 Å². The molecule has 120 valence electrons. The van der Waals surface area contributed by atoms with Crippen LogP contribution in [0.1, 0.15) is 29.7 Å². The quantitative estimate of drug-likeness (QED) is 0.805. The van der Waals surface area contributed by atoms with Crippen LogP contribution < -0.4 is 21.9 Å². The molecular formula is C18H22N4O. The number of nitrogens with zero attached hydrogens (tertiary/aromatic N) is 1. The Hall–Kier alpha value is -2.37. The van der Waals surface area contributed by atoms with Crippen molar-refractivity contribution in [1.29, 1.82) is 0 Å². The van der Waals surface area contributed by atoms with Crippen LogP contribution in [0.4, 0.5) is 5.69 Å². The summed E-state index contributed by atoms with van der Waals surface area (Å²) in [6.45, 7) is 2.41. The summed E-state index contributed by atoms with van der Waals surface area (Å²) in [5, 5.41) is 0. The number of rotatable bonds is 4. The van der Waals surface area contributed by atoms with Crippen molar-refractivity contribution in [2.45, 2.75) is 32.0 Å². The second-order valence-corrected chi connectivity index (χ2v) is 5.86. The maximum atomic E-state index is 6.36. The third-order valence-corrected chi connectivity index (χ3v) is 4.06. The number of aliphatic imine (C=N–C) groups is 1. The summed E-state index contributed by atoms with van der Waals surface area (Å²) in [6.07, 6.45) is 0.546. The molecule has 2 aromatic carbocycles. The van der Waals surface area contributed by atoms with Crippen molar-refractivity contribution in [3.63, 3.8) is 0 Å². The van der Waals surface area contributed by atoms with Gasteiger partial charge in [0.2, 0.25) is 0 Å². The Bertz CT molecular complexity index is 742. The molecule has 0 aromatic heterocycles. The van der Waals surface area contributed by atoms with E-state index in [0.29, 0.717) is 12.4 Å². The molecule has 0 bridgehead atoms. The largest absolute Gasteiger partial charge is 0.481 e. The SMILES string of the molecule is CC1Oc2ccc(C(N)Cc3cccc(CN)c3)cc2N=C1N. The first-order chi connectivity index (χ1) is 11.1. The van der Waals surface area contributed by atoms with Crippen LogP contribution in [0.15, 0.2) is 47.5 Å². The van der Waals surface area contributed by atoms with Crippen molar-refractivity contribution in [3.8, 4) is 5.75 Å². The van der Waals surface area contributed by atoms with E-state index in [1.807, 2.05) is 37.3 Å². The van der Waals surface area contributed by atoms with E-state index in [-0.39, 0.29) is 12.1 Å². The van der Waals surface area contributed by atoms with E-state index in [0.717, 1.165) is 29.0 Å². The van der Waals surface area contributed by atoms with Crippen molar-refractivity contribution < 1.29 is 4.74 Å². The molecule has 2 atom stereocenters. The number of hydrogen-bond donors (Lipinski definition) is 3. The number of benzene rings is 2. The zero-order chi connectivity index (χ0) is 16.4. The molecule has 0 spiro atoms. The lowest BCUT2D eigenvalue weighted by Gasteiger charge is -2.22. The molecule has 2 aromatic rings. The lowest BCUT2D eigenvalue weighted by molar-refractivity contribution is 0.281. The van der Waals surface area contributed by atoms with E-state index in [1.54, 1.807) is 0 Å². The molecule has 2 unspecified atom stereocenters. The van der Waals surface area contributed by atoms with Crippen LogP contribution in [0.5, 0.6) is 5.75 Å². The fraction of sp³-hybridized carbons (Fsp3) is 0.278. The zero-order valence-corrected chi connectivity index (χ0v) is 13.2. The van der Waals surface area contributed by atoms with Gasteiger partial charge >= 0.3 is 0 Å². The predicted molar refractivity (Wildman–Crippen MR) is 92.8 cm³/mol. The fourth-order valence-electron chi connectivity index (χ4n) is 2.69. The summed E-state index contributed by atoms with van der Waals surface area (Å²) < 4.78 is 5.72. The van der Waals surface area contributed by atoms with Gasteiger partial charge in [0.05, 0.1) is 0 Å². The van der Waals surface area contributed by atoms with Gasteiger partial charge in [-0.2, -0.15) is 0 Å². The van der Waals surface area contributed by atoms with Crippen LogP contribution in [0.3, 0.4) is 0 Å². The number of fused-ring (bicyclic) bond motifs is 1. The highest BCUT2D eigenvalue weighted by Gasteiger charge is 2.19. The van der Waals surface area contributed by atoms with Gasteiger partial charge < -0.3 is 21.9 Å². The Morgan fingerprint density at radius 1 is 1.17 bits per heavy atom. The summed E-state index contributed by atoms with van der Waals surface area (Å²) in [7, 11) is 0. The fourth-order valence-corrected chi connectivity index (χ4v) is 2.69. The highest BCUT2D eigenvalue weighted by Crippen LogP contribution is 2.34. The molecule has 23 heavy (non-hydrogen) atoms. The summed E-state index contributed by atoms with van der Waals surface area (Å²) in [6, 6.07) is 13.9. The summed E-state index contributed by atoms with van der Waals surface area (Å²) in [4.78, 5) is 4.40. The molecule has 6 N–H and O–H groups in total. The molecule has 0 saturated heterocycles.